The number of hydrogen-bond acceptors (Lipinski definition) is 9. The van der Waals surface area contributed by atoms with Crippen LogP contribution in [-0.2, 0) is 12.7 Å². The first-order valence-corrected chi connectivity index (χ1v) is 14.1. The molecule has 3 aromatic heterocycles. The van der Waals surface area contributed by atoms with Crippen molar-refractivity contribution < 1.29 is 22.4 Å². The van der Waals surface area contributed by atoms with E-state index in [1.165, 1.54) is 28.4 Å². The lowest BCUT2D eigenvalue weighted by Crippen LogP contribution is -2.49. The fourth-order valence-electron chi connectivity index (χ4n) is 4.73. The summed E-state index contributed by atoms with van der Waals surface area (Å²) in [6, 6.07) is 14.6. The van der Waals surface area contributed by atoms with Crippen LogP contribution in [0, 0.1) is 12.3 Å². The molecule has 1 amide bonds. The van der Waals surface area contributed by atoms with Crippen LogP contribution in [0.1, 0.15) is 39.8 Å². The van der Waals surface area contributed by atoms with Crippen LogP contribution in [0.2, 0.25) is 0 Å². The van der Waals surface area contributed by atoms with Crippen LogP contribution in [-0.4, -0.2) is 55.9 Å². The molecule has 1 aromatic carbocycles. The highest BCUT2D eigenvalue weighted by molar-refractivity contribution is 7.12. The molecule has 1 aliphatic heterocycles. The van der Waals surface area contributed by atoms with Crippen LogP contribution in [0.25, 0.3) is 11.5 Å². The topological polar surface area (TPSA) is 111 Å². The lowest BCUT2D eigenvalue weighted by Gasteiger charge is -2.37. The molecule has 0 radical (unpaired) electrons. The number of halogens is 3. The average Bonchev–Trinajstić information content (AvgIpc) is 3.67. The molecule has 1 saturated heterocycles. The third-order valence-corrected chi connectivity index (χ3v) is 7.60. The van der Waals surface area contributed by atoms with Crippen LogP contribution in [0.4, 0.5) is 18.9 Å². The van der Waals surface area contributed by atoms with Crippen molar-refractivity contribution in [1.29, 1.82) is 5.41 Å². The molecule has 4 heterocycles. The Hall–Kier alpha value is -4.36. The largest absolute Gasteiger partial charge is 0.433 e. The van der Waals surface area contributed by atoms with Crippen molar-refractivity contribution in [3.05, 3.63) is 94.4 Å². The monoisotopic (exact) mass is 595 g/mol. The molecule has 0 saturated carbocycles. The molecule has 5 rings (SSSR count). The molecule has 9 nitrogen and oxygen atoms in total. The second-order valence-electron chi connectivity index (χ2n) is 9.74. The van der Waals surface area contributed by atoms with Gasteiger partial charge in [-0.1, -0.05) is 18.2 Å². The van der Waals surface area contributed by atoms with Crippen molar-refractivity contribution in [2.75, 3.05) is 18.4 Å². The number of alkyl halides is 3. The van der Waals surface area contributed by atoms with Crippen molar-refractivity contribution in [2.24, 2.45) is 0 Å². The van der Waals surface area contributed by atoms with Crippen LogP contribution in [0.5, 0.6) is 0 Å². The van der Waals surface area contributed by atoms with Crippen molar-refractivity contribution in [3.8, 4) is 11.5 Å². The first-order chi connectivity index (χ1) is 20.2. The van der Waals surface area contributed by atoms with Crippen LogP contribution in [0.3, 0.4) is 0 Å². The number of nitrogens with one attached hydrogen (secondary N) is 2. The van der Waals surface area contributed by atoms with E-state index >= 15 is 0 Å². The van der Waals surface area contributed by atoms with E-state index in [1.807, 2.05) is 34.5 Å². The quantitative estimate of drug-likeness (QED) is 0.184. The Bertz CT molecular complexity index is 1560. The highest BCUT2D eigenvalue weighted by atomic mass is 32.1. The van der Waals surface area contributed by atoms with Crippen molar-refractivity contribution in [3.63, 3.8) is 0 Å². The molecule has 0 aliphatic carbocycles. The molecule has 2 N–H and O–H groups in total. The minimum atomic E-state index is -4.50. The predicted octanol–water partition coefficient (Wildman–Crippen LogP) is 6.23. The Morgan fingerprint density at radius 1 is 1.17 bits per heavy atom. The molecular weight excluding hydrogens is 567 g/mol. The lowest BCUT2D eigenvalue weighted by molar-refractivity contribution is -0.141. The number of pyridine rings is 1. The Morgan fingerprint density at radius 3 is 2.64 bits per heavy atom. The van der Waals surface area contributed by atoms with E-state index < -0.39 is 11.9 Å². The van der Waals surface area contributed by atoms with E-state index in [9.17, 15) is 18.0 Å². The maximum atomic E-state index is 13.5. The first kappa shape index (κ1) is 29.1. The van der Waals surface area contributed by atoms with Gasteiger partial charge in [-0.05, 0) is 60.7 Å². The van der Waals surface area contributed by atoms with Gasteiger partial charge < -0.3 is 9.73 Å². The van der Waals surface area contributed by atoms with E-state index in [4.69, 9.17) is 9.83 Å². The number of benzene rings is 1. The van der Waals surface area contributed by atoms with Gasteiger partial charge in [0.15, 0.2) is 0 Å². The summed E-state index contributed by atoms with van der Waals surface area (Å²) in [4.78, 5) is 21.3. The summed E-state index contributed by atoms with van der Waals surface area (Å²) in [6.07, 6.45) is -0.237. The van der Waals surface area contributed by atoms with Crippen molar-refractivity contribution in [1.82, 2.24) is 25.0 Å². The van der Waals surface area contributed by atoms with E-state index in [0.717, 1.165) is 17.3 Å². The minimum absolute atomic E-state index is 0.0302. The molecule has 1 fully saturated rings. The summed E-state index contributed by atoms with van der Waals surface area (Å²) in [6.45, 7) is 3.09. The maximum Gasteiger partial charge on any atom is 0.433 e. The molecular formula is C29H28F3N7O2S. The number of amides is 1. The summed E-state index contributed by atoms with van der Waals surface area (Å²) < 4.78 is 44.7. The van der Waals surface area contributed by atoms with Crippen molar-refractivity contribution in [2.45, 2.75) is 38.5 Å². The summed E-state index contributed by atoms with van der Waals surface area (Å²) in [5, 5.41) is 21.6. The Kier molecular flexibility index (Phi) is 8.78. The van der Waals surface area contributed by atoms with Crippen LogP contribution >= 0.6 is 11.3 Å². The number of aryl methyl sites for hydroxylation is 1. The smallest absolute Gasteiger partial charge is 0.421 e. The third kappa shape index (κ3) is 7.09. The minimum Gasteiger partial charge on any atom is -0.421 e. The highest BCUT2D eigenvalue weighted by Gasteiger charge is 2.33. The van der Waals surface area contributed by atoms with E-state index in [1.54, 1.807) is 31.3 Å². The van der Waals surface area contributed by atoms with Gasteiger partial charge in [-0.3, -0.25) is 20.0 Å². The average molecular weight is 596 g/mol. The van der Waals surface area contributed by atoms with E-state index in [0.29, 0.717) is 48.3 Å². The number of rotatable bonds is 8. The number of thiophene rings is 1. The second kappa shape index (κ2) is 12.7. The van der Waals surface area contributed by atoms with Gasteiger partial charge in [-0.2, -0.15) is 13.2 Å². The standard InChI is InChI=1S/C29H28F3N7O2S/c1-19-36-37-27(41-19)20-5-2-6-21(17-20)34-13-10-26(33)39(28(40)24-8-4-16-42-24)23-11-14-38(15-12-23)18-22-7-3-9-25(35-22)29(30,31)32/h2-10,13,16-17,23,33-34H,11-12,14-15,18H2,1H3/b13-10-,33-26?. The zero-order valence-electron chi connectivity index (χ0n) is 22.6. The number of piperidine rings is 1. The zero-order chi connectivity index (χ0) is 29.7. The van der Waals surface area contributed by atoms with Gasteiger partial charge in [-0.25, -0.2) is 4.98 Å². The predicted molar refractivity (Wildman–Crippen MR) is 153 cm³/mol. The van der Waals surface area contributed by atoms with Crippen molar-refractivity contribution >= 4 is 28.8 Å². The molecule has 4 aromatic rings. The molecule has 0 bridgehead atoms. The Morgan fingerprint density at radius 2 is 1.95 bits per heavy atom. The zero-order valence-corrected chi connectivity index (χ0v) is 23.5. The number of hydrogen-bond donors (Lipinski definition) is 2. The van der Waals surface area contributed by atoms with Gasteiger partial charge in [0.2, 0.25) is 11.8 Å². The van der Waals surface area contributed by atoms with E-state index in [-0.39, 0.29) is 24.3 Å². The molecule has 0 atom stereocenters. The van der Waals surface area contributed by atoms with Gasteiger partial charge in [0, 0.05) is 50.1 Å². The summed E-state index contributed by atoms with van der Waals surface area (Å²) in [5.41, 5.74) is 0.911. The summed E-state index contributed by atoms with van der Waals surface area (Å²) in [7, 11) is 0. The fraction of sp³-hybridized carbons (Fsp3) is 0.276. The van der Waals surface area contributed by atoms with Gasteiger partial charge in [0.1, 0.15) is 11.5 Å². The summed E-state index contributed by atoms with van der Waals surface area (Å²) in [5.74, 6) is 0.634. The van der Waals surface area contributed by atoms with Gasteiger partial charge >= 0.3 is 6.18 Å². The Labute approximate surface area is 244 Å². The lowest BCUT2D eigenvalue weighted by atomic mass is 10.0. The Balaban J connectivity index is 1.25. The number of carbonyl (C=O) groups is 1. The van der Waals surface area contributed by atoms with E-state index in [2.05, 4.69) is 20.5 Å². The molecule has 13 heteroatoms. The summed E-state index contributed by atoms with van der Waals surface area (Å²) >= 11 is 1.31. The number of nitrogens with zero attached hydrogens (tertiary/aromatic N) is 5. The maximum absolute atomic E-state index is 13.5. The van der Waals surface area contributed by atoms with Gasteiger partial charge in [0.05, 0.1) is 10.6 Å². The third-order valence-electron chi connectivity index (χ3n) is 6.74. The fourth-order valence-corrected chi connectivity index (χ4v) is 5.39. The normalized spacial score (nSPS) is 14.8. The molecule has 0 spiro atoms. The second-order valence-corrected chi connectivity index (χ2v) is 10.7. The van der Waals surface area contributed by atoms with Crippen LogP contribution in [0.15, 0.2) is 76.7 Å². The molecule has 1 aliphatic rings. The molecule has 42 heavy (non-hydrogen) atoms. The number of aromatic nitrogens is 3. The van der Waals surface area contributed by atoms with Gasteiger partial charge in [-0.15, -0.1) is 21.5 Å². The number of amidine groups is 1. The molecule has 218 valence electrons. The number of likely N-dealkylation sites (tertiary alicyclic amines) is 1. The molecule has 0 unspecified atom stereocenters. The SMILES string of the molecule is Cc1nnc(-c2cccc(N/C=C\C(=N)N(C(=O)c3cccs3)C3CCN(Cc4cccc(C(F)(F)F)n4)CC3)c2)o1. The number of anilines is 1. The first-order valence-electron chi connectivity index (χ1n) is 13.2. The van der Waals surface area contributed by atoms with Gasteiger partial charge in [0.25, 0.3) is 5.91 Å². The highest BCUT2D eigenvalue weighted by Crippen LogP contribution is 2.28. The number of carbonyl (C=O) groups excluding carboxylic acids is 1. The van der Waals surface area contributed by atoms with Crippen LogP contribution < -0.4 is 5.32 Å².